The molecule has 0 atom stereocenters. The molecule has 0 heterocycles. The van der Waals surface area contributed by atoms with Crippen LogP contribution in [0.4, 0.5) is 8.78 Å². The van der Waals surface area contributed by atoms with Crippen LogP contribution in [0.3, 0.4) is 0 Å². The summed E-state index contributed by atoms with van der Waals surface area (Å²) in [5.41, 5.74) is 4.79. The van der Waals surface area contributed by atoms with Gasteiger partial charge in [0.05, 0.1) is 0 Å². The molecule has 2 nitrogen and oxygen atoms in total. The zero-order chi connectivity index (χ0) is 9.84. The van der Waals surface area contributed by atoms with Gasteiger partial charge in [-0.15, -0.1) is 0 Å². The molecule has 0 saturated heterocycles. The normalized spacial score (nSPS) is 10.6. The molecule has 0 bridgehead atoms. The van der Waals surface area contributed by atoms with E-state index >= 15 is 0 Å². The Balaban J connectivity index is 3.02. The SMILES string of the molecule is NC(=O)/C=C/c1cccc(F)c1F. The van der Waals surface area contributed by atoms with Gasteiger partial charge in [-0.25, -0.2) is 8.78 Å². The molecule has 1 amide bonds. The summed E-state index contributed by atoms with van der Waals surface area (Å²) in [6, 6.07) is 3.69. The Kier molecular flexibility index (Phi) is 2.74. The van der Waals surface area contributed by atoms with Gasteiger partial charge in [0.25, 0.3) is 0 Å². The molecule has 0 radical (unpaired) electrons. The summed E-state index contributed by atoms with van der Waals surface area (Å²) in [6.07, 6.45) is 2.10. The average Bonchev–Trinajstić information content (AvgIpc) is 2.07. The molecule has 0 aliphatic carbocycles. The van der Waals surface area contributed by atoms with Crippen molar-refractivity contribution < 1.29 is 13.6 Å². The standard InChI is InChI=1S/C9H7F2NO/c10-7-3-1-2-6(9(7)11)4-5-8(12)13/h1-5H,(H2,12,13)/b5-4+. The summed E-state index contributed by atoms with van der Waals surface area (Å²) in [6.45, 7) is 0. The third-order valence-electron chi connectivity index (χ3n) is 1.41. The lowest BCUT2D eigenvalue weighted by atomic mass is 10.2. The van der Waals surface area contributed by atoms with E-state index in [9.17, 15) is 13.6 Å². The number of hydrogen-bond acceptors (Lipinski definition) is 1. The lowest BCUT2D eigenvalue weighted by Crippen LogP contribution is -2.05. The van der Waals surface area contributed by atoms with Crippen LogP contribution >= 0.6 is 0 Å². The molecule has 4 heteroatoms. The number of carbonyl (C=O) groups is 1. The summed E-state index contributed by atoms with van der Waals surface area (Å²) in [7, 11) is 0. The minimum Gasteiger partial charge on any atom is -0.366 e. The zero-order valence-electron chi connectivity index (χ0n) is 6.63. The van der Waals surface area contributed by atoms with Gasteiger partial charge in [0.15, 0.2) is 11.6 Å². The fraction of sp³-hybridized carbons (Fsp3) is 0. The molecule has 1 aromatic carbocycles. The van der Waals surface area contributed by atoms with Gasteiger partial charge in [0.2, 0.25) is 5.91 Å². The van der Waals surface area contributed by atoms with Crippen molar-refractivity contribution in [2.45, 2.75) is 0 Å². The third kappa shape index (κ3) is 2.37. The van der Waals surface area contributed by atoms with Crippen LogP contribution in [0.15, 0.2) is 24.3 Å². The number of halogens is 2. The van der Waals surface area contributed by atoms with Crippen LogP contribution in [0.1, 0.15) is 5.56 Å². The van der Waals surface area contributed by atoms with Crippen LogP contribution in [0.25, 0.3) is 6.08 Å². The molecule has 0 fully saturated rings. The fourth-order valence-corrected chi connectivity index (χ4v) is 0.821. The largest absolute Gasteiger partial charge is 0.366 e. The van der Waals surface area contributed by atoms with Gasteiger partial charge < -0.3 is 5.73 Å². The van der Waals surface area contributed by atoms with Gasteiger partial charge in [-0.1, -0.05) is 12.1 Å². The highest BCUT2D eigenvalue weighted by atomic mass is 19.2. The van der Waals surface area contributed by atoms with Crippen LogP contribution in [0.2, 0.25) is 0 Å². The Labute approximate surface area is 73.7 Å². The fourth-order valence-electron chi connectivity index (χ4n) is 0.821. The quantitative estimate of drug-likeness (QED) is 0.693. The minimum atomic E-state index is -0.986. The molecule has 0 unspecified atom stereocenters. The summed E-state index contributed by atoms with van der Waals surface area (Å²) >= 11 is 0. The predicted octanol–water partition coefficient (Wildman–Crippen LogP) is 1.46. The van der Waals surface area contributed by atoms with E-state index in [4.69, 9.17) is 5.73 Å². The smallest absolute Gasteiger partial charge is 0.241 e. The van der Waals surface area contributed by atoms with Gasteiger partial charge in [-0.05, 0) is 12.1 Å². The molecule has 0 spiro atoms. The molecule has 0 saturated carbocycles. The van der Waals surface area contributed by atoms with Crippen LogP contribution in [0.5, 0.6) is 0 Å². The molecule has 2 N–H and O–H groups in total. The molecule has 0 aromatic heterocycles. The summed E-state index contributed by atoms with van der Waals surface area (Å²) in [5.74, 6) is -2.64. The van der Waals surface area contributed by atoms with Crippen molar-refractivity contribution in [3.8, 4) is 0 Å². The number of benzene rings is 1. The second-order valence-corrected chi connectivity index (χ2v) is 2.38. The zero-order valence-corrected chi connectivity index (χ0v) is 6.63. The molecule has 1 rings (SSSR count). The molecule has 68 valence electrons. The predicted molar refractivity (Wildman–Crippen MR) is 44.6 cm³/mol. The van der Waals surface area contributed by atoms with E-state index in [0.29, 0.717) is 0 Å². The van der Waals surface area contributed by atoms with Crippen LogP contribution in [0, 0.1) is 11.6 Å². The van der Waals surface area contributed by atoms with E-state index in [1.807, 2.05) is 0 Å². The Bertz CT molecular complexity index is 361. The van der Waals surface area contributed by atoms with Crippen molar-refractivity contribution in [1.29, 1.82) is 0 Å². The van der Waals surface area contributed by atoms with Crippen molar-refractivity contribution in [2.24, 2.45) is 5.73 Å². The van der Waals surface area contributed by atoms with E-state index in [1.54, 1.807) is 0 Å². The number of rotatable bonds is 2. The van der Waals surface area contributed by atoms with Crippen LogP contribution in [-0.4, -0.2) is 5.91 Å². The van der Waals surface area contributed by atoms with Crippen molar-refractivity contribution in [3.05, 3.63) is 41.5 Å². The first kappa shape index (κ1) is 9.38. The van der Waals surface area contributed by atoms with E-state index in [2.05, 4.69) is 0 Å². The topological polar surface area (TPSA) is 43.1 Å². The number of nitrogens with two attached hydrogens (primary N) is 1. The minimum absolute atomic E-state index is 0.00111. The van der Waals surface area contributed by atoms with E-state index in [-0.39, 0.29) is 5.56 Å². The summed E-state index contributed by atoms with van der Waals surface area (Å²) < 4.78 is 25.5. The van der Waals surface area contributed by atoms with Gasteiger partial charge in [-0.3, -0.25) is 4.79 Å². The van der Waals surface area contributed by atoms with Gasteiger partial charge in [0, 0.05) is 11.6 Å². The maximum absolute atomic E-state index is 12.9. The second kappa shape index (κ2) is 3.80. The first-order valence-corrected chi connectivity index (χ1v) is 3.53. The lowest BCUT2D eigenvalue weighted by Gasteiger charge is -1.96. The lowest BCUT2D eigenvalue weighted by molar-refractivity contribution is -0.113. The highest BCUT2D eigenvalue weighted by molar-refractivity contribution is 5.90. The number of primary amides is 1. The maximum atomic E-state index is 12.9. The van der Waals surface area contributed by atoms with Gasteiger partial charge in [0.1, 0.15) is 0 Å². The van der Waals surface area contributed by atoms with Crippen molar-refractivity contribution in [3.63, 3.8) is 0 Å². The molecular weight excluding hydrogens is 176 g/mol. The van der Waals surface area contributed by atoms with E-state index < -0.39 is 17.5 Å². The monoisotopic (exact) mass is 183 g/mol. The highest BCUT2D eigenvalue weighted by Gasteiger charge is 2.03. The van der Waals surface area contributed by atoms with E-state index in [1.165, 1.54) is 12.1 Å². The third-order valence-corrected chi connectivity index (χ3v) is 1.41. The van der Waals surface area contributed by atoms with E-state index in [0.717, 1.165) is 18.2 Å². The number of hydrogen-bond donors (Lipinski definition) is 1. The Morgan fingerprint density at radius 1 is 1.38 bits per heavy atom. The van der Waals surface area contributed by atoms with Gasteiger partial charge in [-0.2, -0.15) is 0 Å². The molecule has 0 aliphatic heterocycles. The van der Waals surface area contributed by atoms with Crippen LogP contribution < -0.4 is 5.73 Å². The molecule has 0 aliphatic rings. The first-order valence-electron chi connectivity index (χ1n) is 3.53. The van der Waals surface area contributed by atoms with Crippen molar-refractivity contribution in [2.75, 3.05) is 0 Å². The van der Waals surface area contributed by atoms with Crippen molar-refractivity contribution >= 4 is 12.0 Å². The Hall–Kier alpha value is -1.71. The van der Waals surface area contributed by atoms with Crippen molar-refractivity contribution in [1.82, 2.24) is 0 Å². The number of amides is 1. The molecular formula is C9H7F2NO. The molecule has 13 heavy (non-hydrogen) atoms. The number of carbonyl (C=O) groups excluding carboxylic acids is 1. The second-order valence-electron chi connectivity index (χ2n) is 2.38. The van der Waals surface area contributed by atoms with Gasteiger partial charge >= 0.3 is 0 Å². The average molecular weight is 183 g/mol. The van der Waals surface area contributed by atoms with Crippen LogP contribution in [-0.2, 0) is 4.79 Å². The maximum Gasteiger partial charge on any atom is 0.241 e. The highest BCUT2D eigenvalue weighted by Crippen LogP contribution is 2.12. The Morgan fingerprint density at radius 2 is 2.08 bits per heavy atom. The summed E-state index contributed by atoms with van der Waals surface area (Å²) in [4.78, 5) is 10.3. The summed E-state index contributed by atoms with van der Waals surface area (Å²) in [5, 5.41) is 0. The Morgan fingerprint density at radius 3 is 2.69 bits per heavy atom. The first-order chi connectivity index (χ1) is 6.11. The molecule has 1 aromatic rings.